The molecule has 0 radical (unpaired) electrons. The van der Waals surface area contributed by atoms with Gasteiger partial charge in [0.1, 0.15) is 0 Å². The molecule has 0 aromatic heterocycles. The summed E-state index contributed by atoms with van der Waals surface area (Å²) in [6.45, 7) is 5.35. The summed E-state index contributed by atoms with van der Waals surface area (Å²) in [5.41, 5.74) is 7.65. The lowest BCUT2D eigenvalue weighted by molar-refractivity contribution is -0.119. The van der Waals surface area contributed by atoms with Gasteiger partial charge in [-0.1, -0.05) is 13.0 Å². The Bertz CT molecular complexity index is 458. The fourth-order valence-electron chi connectivity index (χ4n) is 1.46. The lowest BCUT2D eigenvalue weighted by atomic mass is 10.1. The first-order valence-corrected chi connectivity index (χ1v) is 5.83. The molecule has 0 aliphatic carbocycles. The molecule has 0 bridgehead atoms. The number of benzene rings is 1. The van der Waals surface area contributed by atoms with Gasteiger partial charge in [-0.25, -0.2) is 0 Å². The van der Waals surface area contributed by atoms with E-state index < -0.39 is 0 Å². The van der Waals surface area contributed by atoms with Crippen LogP contribution in [-0.2, 0) is 9.59 Å². The second-order valence-electron chi connectivity index (χ2n) is 4.29. The first-order chi connectivity index (χ1) is 8.45. The maximum atomic E-state index is 11.8. The summed E-state index contributed by atoms with van der Waals surface area (Å²) in [4.78, 5) is 22.8. The summed E-state index contributed by atoms with van der Waals surface area (Å²) in [5, 5.41) is 5.52. The molecule has 0 spiro atoms. The molecule has 2 amide bonds. The zero-order chi connectivity index (χ0) is 13.7. The van der Waals surface area contributed by atoms with Gasteiger partial charge in [0, 0.05) is 30.8 Å². The second kappa shape index (κ2) is 6.16. The van der Waals surface area contributed by atoms with Crippen LogP contribution in [0.2, 0.25) is 0 Å². The van der Waals surface area contributed by atoms with Crippen molar-refractivity contribution in [1.29, 1.82) is 0 Å². The van der Waals surface area contributed by atoms with Gasteiger partial charge in [-0.05, 0) is 24.6 Å². The Balaban J connectivity index is 2.90. The Kier molecular flexibility index (Phi) is 4.85. The topological polar surface area (TPSA) is 84.2 Å². The molecule has 98 valence electrons. The van der Waals surface area contributed by atoms with E-state index in [0.717, 1.165) is 5.56 Å². The fourth-order valence-corrected chi connectivity index (χ4v) is 1.46. The quantitative estimate of drug-likeness (QED) is 0.755. The number of hydrogen-bond donors (Lipinski definition) is 3. The lowest BCUT2D eigenvalue weighted by Gasteiger charge is -2.14. The fraction of sp³-hybridized carbons (Fsp3) is 0.385. The Morgan fingerprint density at radius 1 is 1.28 bits per heavy atom. The molecule has 0 saturated carbocycles. The predicted molar refractivity (Wildman–Crippen MR) is 72.3 cm³/mol. The number of anilines is 2. The molecule has 1 rings (SSSR count). The van der Waals surface area contributed by atoms with Gasteiger partial charge in [0.25, 0.3) is 0 Å². The number of nitrogens with one attached hydrogen (secondary N) is 2. The number of carbonyl (C=O) groups is 2. The molecule has 0 heterocycles. The van der Waals surface area contributed by atoms with Crippen LogP contribution in [0.3, 0.4) is 0 Å². The first-order valence-electron chi connectivity index (χ1n) is 5.83. The van der Waals surface area contributed by atoms with Crippen LogP contribution in [0, 0.1) is 12.8 Å². The van der Waals surface area contributed by atoms with Crippen molar-refractivity contribution >= 4 is 23.2 Å². The van der Waals surface area contributed by atoms with E-state index in [0.29, 0.717) is 17.9 Å². The summed E-state index contributed by atoms with van der Waals surface area (Å²) < 4.78 is 0. The van der Waals surface area contributed by atoms with Gasteiger partial charge in [-0.3, -0.25) is 9.59 Å². The van der Waals surface area contributed by atoms with Gasteiger partial charge in [0.05, 0.1) is 0 Å². The molecule has 0 saturated heterocycles. The third kappa shape index (κ3) is 3.56. The minimum Gasteiger partial charge on any atom is -0.330 e. The Labute approximate surface area is 107 Å². The van der Waals surface area contributed by atoms with Crippen LogP contribution >= 0.6 is 0 Å². The maximum absolute atomic E-state index is 11.8. The van der Waals surface area contributed by atoms with Crippen LogP contribution in [0.4, 0.5) is 11.4 Å². The monoisotopic (exact) mass is 249 g/mol. The molecule has 4 N–H and O–H groups in total. The van der Waals surface area contributed by atoms with Crippen molar-refractivity contribution in [2.24, 2.45) is 11.7 Å². The average Bonchev–Trinajstić information content (AvgIpc) is 2.32. The molecular weight excluding hydrogens is 230 g/mol. The second-order valence-corrected chi connectivity index (χ2v) is 4.29. The summed E-state index contributed by atoms with van der Waals surface area (Å²) in [6.07, 6.45) is 0. The molecular formula is C13H19N3O2. The standard InChI is InChI=1S/C13H19N3O2/c1-8(7-14)13(18)16-12-6-4-5-11(9(12)2)15-10(3)17/h4-6,8H,7,14H2,1-3H3,(H,15,17)(H,16,18). The number of nitrogens with two attached hydrogens (primary N) is 1. The van der Waals surface area contributed by atoms with Gasteiger partial charge >= 0.3 is 0 Å². The van der Waals surface area contributed by atoms with E-state index in [9.17, 15) is 9.59 Å². The summed E-state index contributed by atoms with van der Waals surface area (Å²) in [5.74, 6) is -0.508. The van der Waals surface area contributed by atoms with Gasteiger partial charge < -0.3 is 16.4 Å². The molecule has 1 aromatic carbocycles. The highest BCUT2D eigenvalue weighted by atomic mass is 16.2. The highest BCUT2D eigenvalue weighted by Crippen LogP contribution is 2.23. The summed E-state index contributed by atoms with van der Waals surface area (Å²) in [6, 6.07) is 5.36. The highest BCUT2D eigenvalue weighted by molar-refractivity contribution is 5.96. The zero-order valence-corrected chi connectivity index (χ0v) is 10.9. The molecule has 5 heteroatoms. The van der Waals surface area contributed by atoms with Gasteiger partial charge in [0.15, 0.2) is 0 Å². The van der Waals surface area contributed by atoms with E-state index in [1.165, 1.54) is 6.92 Å². The van der Waals surface area contributed by atoms with Crippen molar-refractivity contribution in [2.45, 2.75) is 20.8 Å². The maximum Gasteiger partial charge on any atom is 0.228 e. The molecule has 1 unspecified atom stereocenters. The molecule has 0 aliphatic rings. The van der Waals surface area contributed by atoms with Crippen molar-refractivity contribution in [3.8, 4) is 0 Å². The molecule has 5 nitrogen and oxygen atoms in total. The average molecular weight is 249 g/mol. The normalized spacial score (nSPS) is 11.8. The summed E-state index contributed by atoms with van der Waals surface area (Å²) in [7, 11) is 0. The lowest BCUT2D eigenvalue weighted by Crippen LogP contribution is -2.27. The smallest absolute Gasteiger partial charge is 0.228 e. The van der Waals surface area contributed by atoms with Crippen molar-refractivity contribution in [3.05, 3.63) is 23.8 Å². The first kappa shape index (κ1) is 14.2. The SMILES string of the molecule is CC(=O)Nc1cccc(NC(=O)C(C)CN)c1C. The molecule has 0 aliphatic heterocycles. The molecule has 0 fully saturated rings. The molecule has 1 aromatic rings. The Morgan fingerprint density at radius 2 is 1.83 bits per heavy atom. The van der Waals surface area contributed by atoms with Crippen molar-refractivity contribution in [2.75, 3.05) is 17.2 Å². The summed E-state index contributed by atoms with van der Waals surface area (Å²) >= 11 is 0. The van der Waals surface area contributed by atoms with Crippen LogP contribution in [0.5, 0.6) is 0 Å². The van der Waals surface area contributed by atoms with Crippen molar-refractivity contribution < 1.29 is 9.59 Å². The number of carbonyl (C=O) groups excluding carboxylic acids is 2. The van der Waals surface area contributed by atoms with Gasteiger partial charge in [-0.2, -0.15) is 0 Å². The minimum atomic E-state index is -0.242. The Hall–Kier alpha value is -1.88. The van der Waals surface area contributed by atoms with Crippen LogP contribution in [0.15, 0.2) is 18.2 Å². The van der Waals surface area contributed by atoms with Crippen LogP contribution < -0.4 is 16.4 Å². The van der Waals surface area contributed by atoms with E-state index in [1.807, 2.05) is 6.92 Å². The van der Waals surface area contributed by atoms with Gasteiger partial charge in [-0.15, -0.1) is 0 Å². The third-order valence-corrected chi connectivity index (χ3v) is 2.70. The van der Waals surface area contributed by atoms with Crippen LogP contribution in [-0.4, -0.2) is 18.4 Å². The zero-order valence-electron chi connectivity index (χ0n) is 10.9. The van der Waals surface area contributed by atoms with Crippen molar-refractivity contribution in [1.82, 2.24) is 0 Å². The van der Waals surface area contributed by atoms with E-state index in [4.69, 9.17) is 5.73 Å². The predicted octanol–water partition coefficient (Wildman–Crippen LogP) is 1.49. The van der Waals surface area contributed by atoms with E-state index in [-0.39, 0.29) is 17.7 Å². The van der Waals surface area contributed by atoms with E-state index in [1.54, 1.807) is 25.1 Å². The highest BCUT2D eigenvalue weighted by Gasteiger charge is 2.13. The molecule has 18 heavy (non-hydrogen) atoms. The number of rotatable bonds is 4. The minimum absolute atomic E-state index is 0.124. The third-order valence-electron chi connectivity index (χ3n) is 2.70. The van der Waals surface area contributed by atoms with E-state index in [2.05, 4.69) is 10.6 Å². The number of hydrogen-bond acceptors (Lipinski definition) is 3. The van der Waals surface area contributed by atoms with Crippen LogP contribution in [0.25, 0.3) is 0 Å². The number of amides is 2. The van der Waals surface area contributed by atoms with Gasteiger partial charge in [0.2, 0.25) is 11.8 Å². The largest absolute Gasteiger partial charge is 0.330 e. The Morgan fingerprint density at radius 3 is 2.33 bits per heavy atom. The van der Waals surface area contributed by atoms with E-state index >= 15 is 0 Å². The van der Waals surface area contributed by atoms with Crippen LogP contribution in [0.1, 0.15) is 19.4 Å². The molecule has 1 atom stereocenters. The van der Waals surface area contributed by atoms with Crippen molar-refractivity contribution in [3.63, 3.8) is 0 Å².